The Kier molecular flexibility index (Phi) is 4.88. The van der Waals surface area contributed by atoms with Crippen LogP contribution in [-0.4, -0.2) is 78.3 Å². The Balaban J connectivity index is 1.48. The molecule has 0 radical (unpaired) electrons. The average Bonchev–Trinajstić information content (AvgIpc) is 2.93. The number of ether oxygens (including phenoxy) is 1. The van der Waals surface area contributed by atoms with E-state index in [1.54, 1.807) is 0 Å². The SMILES string of the molecule is Cc1nc2ccccc2nc1N1CCCN(C(=O)N2CCOCC2)CC1. The van der Waals surface area contributed by atoms with Gasteiger partial charge in [-0.2, -0.15) is 0 Å². The summed E-state index contributed by atoms with van der Waals surface area (Å²) in [4.78, 5) is 28.4. The standard InChI is InChI=1S/C19H25N5O2/c1-15-18(21-17-6-3-2-5-16(17)20-15)22-7-4-8-23(10-9-22)19(25)24-11-13-26-14-12-24/h2-3,5-6H,4,7-14H2,1H3. The number of carbonyl (C=O) groups excluding carboxylic acids is 1. The summed E-state index contributed by atoms with van der Waals surface area (Å²) in [6.45, 7) is 7.83. The van der Waals surface area contributed by atoms with Crippen LogP contribution in [0, 0.1) is 6.92 Å². The Morgan fingerprint density at radius 2 is 1.62 bits per heavy atom. The van der Waals surface area contributed by atoms with Gasteiger partial charge in [0.2, 0.25) is 0 Å². The van der Waals surface area contributed by atoms with E-state index in [-0.39, 0.29) is 6.03 Å². The zero-order valence-corrected chi connectivity index (χ0v) is 15.2. The van der Waals surface area contributed by atoms with E-state index in [4.69, 9.17) is 14.7 Å². The number of anilines is 1. The molecular formula is C19H25N5O2. The van der Waals surface area contributed by atoms with Crippen LogP contribution in [0.15, 0.2) is 24.3 Å². The van der Waals surface area contributed by atoms with E-state index in [2.05, 4.69) is 4.90 Å². The molecule has 0 unspecified atom stereocenters. The molecule has 0 saturated carbocycles. The molecule has 2 amide bonds. The van der Waals surface area contributed by atoms with Gasteiger partial charge in [0.05, 0.1) is 29.9 Å². The summed E-state index contributed by atoms with van der Waals surface area (Å²) < 4.78 is 5.35. The lowest BCUT2D eigenvalue weighted by atomic mass is 10.2. The largest absolute Gasteiger partial charge is 0.378 e. The van der Waals surface area contributed by atoms with Crippen molar-refractivity contribution in [2.75, 3.05) is 57.4 Å². The number of para-hydroxylation sites is 2. The van der Waals surface area contributed by atoms with Crippen LogP contribution in [0.5, 0.6) is 0 Å². The molecule has 0 aliphatic carbocycles. The Hall–Kier alpha value is -2.41. The van der Waals surface area contributed by atoms with E-state index in [9.17, 15) is 4.79 Å². The third-order valence-corrected chi connectivity index (χ3v) is 5.07. The van der Waals surface area contributed by atoms with Gasteiger partial charge in [-0.05, 0) is 25.5 Å². The van der Waals surface area contributed by atoms with Crippen LogP contribution >= 0.6 is 0 Å². The van der Waals surface area contributed by atoms with Crippen LogP contribution in [0.2, 0.25) is 0 Å². The number of fused-ring (bicyclic) bond motifs is 1. The molecule has 2 aromatic rings. The summed E-state index contributed by atoms with van der Waals surface area (Å²) in [5.74, 6) is 0.935. The first kappa shape index (κ1) is 17.0. The second kappa shape index (κ2) is 7.45. The average molecular weight is 355 g/mol. The molecule has 0 atom stereocenters. The van der Waals surface area contributed by atoms with Gasteiger partial charge in [0.15, 0.2) is 5.82 Å². The van der Waals surface area contributed by atoms with Gasteiger partial charge in [0.1, 0.15) is 0 Å². The number of amides is 2. The maximum atomic E-state index is 12.7. The molecule has 7 nitrogen and oxygen atoms in total. The van der Waals surface area contributed by atoms with Crippen molar-refractivity contribution in [3.8, 4) is 0 Å². The van der Waals surface area contributed by atoms with Crippen LogP contribution in [0.4, 0.5) is 10.6 Å². The monoisotopic (exact) mass is 355 g/mol. The number of hydrogen-bond donors (Lipinski definition) is 0. The quantitative estimate of drug-likeness (QED) is 0.782. The van der Waals surface area contributed by atoms with Gasteiger partial charge in [-0.25, -0.2) is 14.8 Å². The van der Waals surface area contributed by atoms with Crippen molar-refractivity contribution in [2.45, 2.75) is 13.3 Å². The van der Waals surface area contributed by atoms with E-state index in [0.717, 1.165) is 48.6 Å². The molecule has 1 aromatic heterocycles. The molecule has 0 N–H and O–H groups in total. The highest BCUT2D eigenvalue weighted by molar-refractivity contribution is 5.77. The molecule has 0 spiro atoms. The van der Waals surface area contributed by atoms with Crippen molar-refractivity contribution >= 4 is 22.9 Å². The fraction of sp³-hybridized carbons (Fsp3) is 0.526. The minimum Gasteiger partial charge on any atom is -0.378 e. The van der Waals surface area contributed by atoms with Crippen molar-refractivity contribution in [3.05, 3.63) is 30.0 Å². The molecule has 138 valence electrons. The van der Waals surface area contributed by atoms with Crippen molar-refractivity contribution in [1.29, 1.82) is 0 Å². The van der Waals surface area contributed by atoms with E-state index in [1.807, 2.05) is 41.0 Å². The van der Waals surface area contributed by atoms with Crippen LogP contribution in [0.1, 0.15) is 12.1 Å². The minimum absolute atomic E-state index is 0.136. The summed E-state index contributed by atoms with van der Waals surface area (Å²) in [5, 5.41) is 0. The smallest absolute Gasteiger partial charge is 0.320 e. The maximum Gasteiger partial charge on any atom is 0.320 e. The highest BCUT2D eigenvalue weighted by Crippen LogP contribution is 2.21. The Labute approximate surface area is 153 Å². The summed E-state index contributed by atoms with van der Waals surface area (Å²) in [6.07, 6.45) is 0.935. The van der Waals surface area contributed by atoms with Gasteiger partial charge in [0, 0.05) is 39.3 Å². The molecule has 2 aliphatic rings. The number of aryl methyl sites for hydroxylation is 1. The van der Waals surface area contributed by atoms with Crippen LogP contribution in [0.25, 0.3) is 11.0 Å². The van der Waals surface area contributed by atoms with E-state index < -0.39 is 0 Å². The lowest BCUT2D eigenvalue weighted by Crippen LogP contribution is -2.49. The van der Waals surface area contributed by atoms with Gasteiger partial charge < -0.3 is 19.4 Å². The third-order valence-electron chi connectivity index (χ3n) is 5.07. The molecule has 2 aliphatic heterocycles. The zero-order chi connectivity index (χ0) is 17.9. The highest BCUT2D eigenvalue weighted by Gasteiger charge is 2.26. The number of urea groups is 1. The highest BCUT2D eigenvalue weighted by atomic mass is 16.5. The van der Waals surface area contributed by atoms with E-state index >= 15 is 0 Å². The van der Waals surface area contributed by atoms with E-state index in [1.165, 1.54) is 0 Å². The van der Waals surface area contributed by atoms with Crippen molar-refractivity contribution in [1.82, 2.24) is 19.8 Å². The lowest BCUT2D eigenvalue weighted by molar-refractivity contribution is 0.0438. The van der Waals surface area contributed by atoms with Gasteiger partial charge in [-0.3, -0.25) is 0 Å². The number of benzene rings is 1. The van der Waals surface area contributed by atoms with Gasteiger partial charge in [-0.1, -0.05) is 12.1 Å². The summed E-state index contributed by atoms with van der Waals surface area (Å²) in [5.41, 5.74) is 2.78. The molecule has 3 heterocycles. The normalized spacial score (nSPS) is 18.9. The number of carbonyl (C=O) groups is 1. The topological polar surface area (TPSA) is 61.8 Å². The third kappa shape index (κ3) is 3.44. The molecule has 2 saturated heterocycles. The Morgan fingerprint density at radius 3 is 2.38 bits per heavy atom. The zero-order valence-electron chi connectivity index (χ0n) is 15.2. The Bertz CT molecular complexity index is 791. The minimum atomic E-state index is 0.136. The summed E-state index contributed by atoms with van der Waals surface area (Å²) >= 11 is 0. The molecular weight excluding hydrogens is 330 g/mol. The van der Waals surface area contributed by atoms with Crippen molar-refractivity contribution in [2.24, 2.45) is 0 Å². The first-order chi connectivity index (χ1) is 12.7. The van der Waals surface area contributed by atoms with E-state index in [0.29, 0.717) is 32.8 Å². The number of nitrogens with zero attached hydrogens (tertiary/aromatic N) is 5. The predicted octanol–water partition coefficient (Wildman–Crippen LogP) is 1.90. The van der Waals surface area contributed by atoms with Gasteiger partial charge >= 0.3 is 6.03 Å². The van der Waals surface area contributed by atoms with Gasteiger partial charge in [-0.15, -0.1) is 0 Å². The number of morpholine rings is 1. The second-order valence-corrected chi connectivity index (χ2v) is 6.83. The lowest BCUT2D eigenvalue weighted by Gasteiger charge is -2.32. The molecule has 1 aromatic carbocycles. The molecule has 2 fully saturated rings. The fourth-order valence-electron chi connectivity index (χ4n) is 3.65. The van der Waals surface area contributed by atoms with Crippen molar-refractivity contribution in [3.63, 3.8) is 0 Å². The number of hydrogen-bond acceptors (Lipinski definition) is 5. The summed E-state index contributed by atoms with van der Waals surface area (Å²) in [7, 11) is 0. The molecule has 4 rings (SSSR count). The first-order valence-electron chi connectivity index (χ1n) is 9.32. The second-order valence-electron chi connectivity index (χ2n) is 6.83. The van der Waals surface area contributed by atoms with Crippen molar-refractivity contribution < 1.29 is 9.53 Å². The molecule has 7 heteroatoms. The molecule has 0 bridgehead atoms. The first-order valence-corrected chi connectivity index (χ1v) is 9.32. The fourth-order valence-corrected chi connectivity index (χ4v) is 3.65. The Morgan fingerprint density at radius 1 is 0.923 bits per heavy atom. The van der Waals surface area contributed by atoms with Crippen LogP contribution < -0.4 is 4.90 Å². The van der Waals surface area contributed by atoms with Crippen LogP contribution in [-0.2, 0) is 4.74 Å². The molecule has 26 heavy (non-hydrogen) atoms. The number of rotatable bonds is 1. The number of aromatic nitrogens is 2. The predicted molar refractivity (Wildman–Crippen MR) is 100 cm³/mol. The summed E-state index contributed by atoms with van der Waals surface area (Å²) in [6, 6.07) is 8.09. The van der Waals surface area contributed by atoms with Crippen LogP contribution in [0.3, 0.4) is 0 Å². The van der Waals surface area contributed by atoms with Gasteiger partial charge in [0.25, 0.3) is 0 Å². The maximum absolute atomic E-state index is 12.7.